The molecule has 0 saturated carbocycles. The van der Waals surface area contributed by atoms with E-state index in [9.17, 15) is 8.42 Å². The molecule has 4 heteroatoms. The van der Waals surface area contributed by atoms with Gasteiger partial charge in [-0.2, -0.15) is 0 Å². The molecule has 0 amide bonds. The van der Waals surface area contributed by atoms with Crippen molar-refractivity contribution in [3.05, 3.63) is 29.8 Å². The molecule has 0 saturated heterocycles. The van der Waals surface area contributed by atoms with Crippen LogP contribution >= 0.6 is 0 Å². The zero-order chi connectivity index (χ0) is 14.6. The lowest BCUT2D eigenvalue weighted by Gasteiger charge is -2.20. The van der Waals surface area contributed by atoms with Crippen molar-refractivity contribution < 1.29 is 8.42 Å². The van der Waals surface area contributed by atoms with Crippen LogP contribution in [0.15, 0.2) is 29.2 Å². The fourth-order valence-electron chi connectivity index (χ4n) is 2.00. The molecule has 0 aliphatic rings. The fourth-order valence-corrected chi connectivity index (χ4v) is 3.77. The molecule has 0 aromatic heterocycles. The number of hydrogen-bond acceptors (Lipinski definition) is 3. The highest BCUT2D eigenvalue weighted by molar-refractivity contribution is 7.91. The van der Waals surface area contributed by atoms with Gasteiger partial charge < -0.3 is 5.32 Å². The molecular formula is C15H25NO2S. The molecule has 0 heterocycles. The first-order chi connectivity index (χ1) is 8.77. The number of benzene rings is 1. The lowest BCUT2D eigenvalue weighted by Crippen LogP contribution is -2.37. The molecule has 0 bridgehead atoms. The Labute approximate surface area is 117 Å². The van der Waals surface area contributed by atoms with E-state index in [4.69, 9.17) is 0 Å². The topological polar surface area (TPSA) is 46.2 Å². The standard InChI is InChI=1S/C15H25NO2S/c1-11(2)13-6-8-14(9-7-13)19(17,18)10-15(16-5)12(3)4/h6-9,11-12,15-16H,10H2,1-5H3. The maximum absolute atomic E-state index is 12.3. The summed E-state index contributed by atoms with van der Waals surface area (Å²) in [6, 6.07) is 7.23. The zero-order valence-corrected chi connectivity index (χ0v) is 13.3. The van der Waals surface area contributed by atoms with Crippen LogP contribution in [0.3, 0.4) is 0 Å². The predicted octanol–water partition coefficient (Wildman–Crippen LogP) is 2.83. The van der Waals surface area contributed by atoms with Crippen molar-refractivity contribution in [1.82, 2.24) is 5.32 Å². The van der Waals surface area contributed by atoms with E-state index in [1.807, 2.05) is 33.0 Å². The van der Waals surface area contributed by atoms with Gasteiger partial charge in [-0.05, 0) is 36.6 Å². The van der Waals surface area contributed by atoms with Crippen molar-refractivity contribution in [2.45, 2.75) is 44.6 Å². The molecule has 19 heavy (non-hydrogen) atoms. The Hall–Kier alpha value is -0.870. The van der Waals surface area contributed by atoms with E-state index >= 15 is 0 Å². The Kier molecular flexibility index (Phi) is 5.56. The van der Waals surface area contributed by atoms with Gasteiger partial charge in [0.25, 0.3) is 0 Å². The monoisotopic (exact) mass is 283 g/mol. The Balaban J connectivity index is 2.94. The molecule has 0 fully saturated rings. The lowest BCUT2D eigenvalue weighted by molar-refractivity contribution is 0.455. The van der Waals surface area contributed by atoms with E-state index in [1.54, 1.807) is 12.1 Å². The summed E-state index contributed by atoms with van der Waals surface area (Å²) in [5.74, 6) is 0.842. The second-order valence-electron chi connectivity index (χ2n) is 5.64. The Morgan fingerprint density at radius 1 is 1.05 bits per heavy atom. The third kappa shape index (κ3) is 4.32. The summed E-state index contributed by atoms with van der Waals surface area (Å²) in [5, 5.41) is 3.08. The fraction of sp³-hybridized carbons (Fsp3) is 0.600. The smallest absolute Gasteiger partial charge is 0.179 e. The number of nitrogens with one attached hydrogen (secondary N) is 1. The van der Waals surface area contributed by atoms with Crippen LogP contribution in [-0.4, -0.2) is 27.3 Å². The molecule has 108 valence electrons. The summed E-state index contributed by atoms with van der Waals surface area (Å²) in [7, 11) is -1.41. The molecule has 1 rings (SSSR count). The second kappa shape index (κ2) is 6.53. The lowest BCUT2D eigenvalue weighted by atomic mass is 10.0. The molecule has 1 N–H and O–H groups in total. The van der Waals surface area contributed by atoms with E-state index in [0.29, 0.717) is 10.8 Å². The van der Waals surface area contributed by atoms with Crippen LogP contribution in [0.2, 0.25) is 0 Å². The third-order valence-corrected chi connectivity index (χ3v) is 5.27. The van der Waals surface area contributed by atoms with Gasteiger partial charge in [-0.25, -0.2) is 8.42 Å². The van der Waals surface area contributed by atoms with Crippen molar-refractivity contribution in [2.24, 2.45) is 5.92 Å². The van der Waals surface area contributed by atoms with Crippen LogP contribution in [0.25, 0.3) is 0 Å². The van der Waals surface area contributed by atoms with Crippen LogP contribution in [0.5, 0.6) is 0 Å². The minimum Gasteiger partial charge on any atom is -0.316 e. The molecule has 0 aliphatic carbocycles. The Morgan fingerprint density at radius 3 is 1.95 bits per heavy atom. The minimum absolute atomic E-state index is 0.0187. The van der Waals surface area contributed by atoms with Gasteiger partial charge in [-0.3, -0.25) is 0 Å². The van der Waals surface area contributed by atoms with Gasteiger partial charge in [-0.1, -0.05) is 39.8 Å². The molecule has 0 spiro atoms. The van der Waals surface area contributed by atoms with E-state index in [-0.39, 0.29) is 17.7 Å². The van der Waals surface area contributed by atoms with Gasteiger partial charge in [-0.15, -0.1) is 0 Å². The van der Waals surface area contributed by atoms with Gasteiger partial charge in [0, 0.05) is 6.04 Å². The highest BCUT2D eigenvalue weighted by Gasteiger charge is 2.22. The Bertz CT molecular complexity index is 489. The van der Waals surface area contributed by atoms with Crippen molar-refractivity contribution in [3.63, 3.8) is 0 Å². The van der Waals surface area contributed by atoms with Gasteiger partial charge in [0.15, 0.2) is 9.84 Å². The van der Waals surface area contributed by atoms with E-state index in [0.717, 1.165) is 5.56 Å². The summed E-state index contributed by atoms with van der Waals surface area (Å²) in [6.45, 7) is 8.25. The largest absolute Gasteiger partial charge is 0.316 e. The number of sulfone groups is 1. The predicted molar refractivity (Wildman–Crippen MR) is 80.3 cm³/mol. The highest BCUT2D eigenvalue weighted by atomic mass is 32.2. The van der Waals surface area contributed by atoms with Crippen molar-refractivity contribution in [1.29, 1.82) is 0 Å². The minimum atomic E-state index is -3.22. The van der Waals surface area contributed by atoms with Crippen LogP contribution in [0, 0.1) is 5.92 Å². The van der Waals surface area contributed by atoms with Crippen LogP contribution < -0.4 is 5.32 Å². The summed E-state index contributed by atoms with van der Waals surface area (Å²) in [6.07, 6.45) is 0. The normalized spacial score (nSPS) is 14.1. The first kappa shape index (κ1) is 16.2. The average Bonchev–Trinajstić information content (AvgIpc) is 2.35. The summed E-state index contributed by atoms with van der Waals surface area (Å²) >= 11 is 0. The van der Waals surface area contributed by atoms with Crippen molar-refractivity contribution in [3.8, 4) is 0 Å². The number of hydrogen-bond donors (Lipinski definition) is 1. The molecule has 3 nitrogen and oxygen atoms in total. The first-order valence-corrected chi connectivity index (χ1v) is 8.43. The van der Waals surface area contributed by atoms with Gasteiger partial charge in [0.1, 0.15) is 0 Å². The maximum atomic E-state index is 12.3. The van der Waals surface area contributed by atoms with Crippen LogP contribution in [0.4, 0.5) is 0 Å². The number of rotatable bonds is 6. The van der Waals surface area contributed by atoms with Gasteiger partial charge in [0.2, 0.25) is 0 Å². The Morgan fingerprint density at radius 2 is 1.58 bits per heavy atom. The average molecular weight is 283 g/mol. The molecule has 1 aromatic carbocycles. The molecule has 1 aromatic rings. The van der Waals surface area contributed by atoms with Crippen LogP contribution in [-0.2, 0) is 9.84 Å². The van der Waals surface area contributed by atoms with Crippen molar-refractivity contribution in [2.75, 3.05) is 12.8 Å². The SMILES string of the molecule is CNC(CS(=O)(=O)c1ccc(C(C)C)cc1)C(C)C. The quantitative estimate of drug-likeness (QED) is 0.873. The van der Waals surface area contributed by atoms with E-state index in [1.165, 1.54) is 0 Å². The molecule has 0 aliphatic heterocycles. The molecule has 0 radical (unpaired) electrons. The summed E-state index contributed by atoms with van der Waals surface area (Å²) < 4.78 is 24.7. The summed E-state index contributed by atoms with van der Waals surface area (Å²) in [4.78, 5) is 0.415. The molecule has 1 unspecified atom stereocenters. The first-order valence-electron chi connectivity index (χ1n) is 6.78. The van der Waals surface area contributed by atoms with E-state index < -0.39 is 9.84 Å². The highest BCUT2D eigenvalue weighted by Crippen LogP contribution is 2.19. The third-order valence-electron chi connectivity index (χ3n) is 3.48. The molecule has 1 atom stereocenters. The van der Waals surface area contributed by atoms with E-state index in [2.05, 4.69) is 19.2 Å². The molecular weight excluding hydrogens is 258 g/mol. The van der Waals surface area contributed by atoms with Gasteiger partial charge >= 0.3 is 0 Å². The maximum Gasteiger partial charge on any atom is 0.179 e. The summed E-state index contributed by atoms with van der Waals surface area (Å²) in [5.41, 5.74) is 1.16. The van der Waals surface area contributed by atoms with Crippen molar-refractivity contribution >= 4 is 9.84 Å². The van der Waals surface area contributed by atoms with Gasteiger partial charge in [0.05, 0.1) is 10.6 Å². The van der Waals surface area contributed by atoms with Crippen LogP contribution in [0.1, 0.15) is 39.2 Å². The zero-order valence-electron chi connectivity index (χ0n) is 12.5. The second-order valence-corrected chi connectivity index (χ2v) is 7.68.